The summed E-state index contributed by atoms with van der Waals surface area (Å²) in [6, 6.07) is 4.80. The summed E-state index contributed by atoms with van der Waals surface area (Å²) in [6.07, 6.45) is 3.72. The highest BCUT2D eigenvalue weighted by Gasteiger charge is 2.26. The smallest absolute Gasteiger partial charge is 0.317 e. The maximum absolute atomic E-state index is 13.6. The van der Waals surface area contributed by atoms with E-state index >= 15 is 0 Å². The maximum Gasteiger partial charge on any atom is 0.317 e. The van der Waals surface area contributed by atoms with E-state index in [4.69, 9.17) is 4.52 Å². The number of urea groups is 1. The van der Waals surface area contributed by atoms with Crippen molar-refractivity contribution in [1.29, 1.82) is 0 Å². The molecule has 3 aromatic rings. The van der Waals surface area contributed by atoms with Gasteiger partial charge in [-0.3, -0.25) is 0 Å². The van der Waals surface area contributed by atoms with Crippen LogP contribution in [0.5, 0.6) is 0 Å². The van der Waals surface area contributed by atoms with Gasteiger partial charge in [-0.15, -0.1) is 0 Å². The minimum absolute atomic E-state index is 0.0352. The number of piperidine rings is 1. The van der Waals surface area contributed by atoms with Gasteiger partial charge in [-0.2, -0.15) is 0 Å². The summed E-state index contributed by atoms with van der Waals surface area (Å²) in [6.45, 7) is 7.81. The number of carbonyl (C=O) groups excluding carboxylic acids is 1. The fourth-order valence-corrected chi connectivity index (χ4v) is 4.49. The third kappa shape index (κ3) is 3.86. The van der Waals surface area contributed by atoms with Crippen LogP contribution in [0, 0.1) is 19.7 Å². The van der Waals surface area contributed by atoms with Gasteiger partial charge in [0, 0.05) is 48.2 Å². The van der Waals surface area contributed by atoms with Gasteiger partial charge in [-0.1, -0.05) is 12.1 Å². The molecular weight excluding hydrogens is 371 g/mol. The number of aromatic amines is 1. The van der Waals surface area contributed by atoms with Crippen LogP contribution in [-0.4, -0.2) is 40.7 Å². The van der Waals surface area contributed by atoms with Crippen molar-refractivity contribution >= 4 is 16.9 Å². The number of fused-ring (bicyclic) bond motifs is 1. The topological polar surface area (TPSA) is 74.2 Å². The first-order valence-electron chi connectivity index (χ1n) is 10.2. The molecule has 0 saturated carbocycles. The van der Waals surface area contributed by atoms with E-state index in [1.807, 2.05) is 24.9 Å². The molecule has 1 fully saturated rings. The molecule has 1 unspecified atom stereocenters. The van der Waals surface area contributed by atoms with Crippen LogP contribution >= 0.6 is 0 Å². The monoisotopic (exact) mass is 398 g/mol. The molecule has 1 aliphatic rings. The highest BCUT2D eigenvalue weighted by Crippen LogP contribution is 2.33. The van der Waals surface area contributed by atoms with E-state index in [1.54, 1.807) is 12.1 Å². The summed E-state index contributed by atoms with van der Waals surface area (Å²) >= 11 is 0. The Hall–Kier alpha value is -2.83. The Morgan fingerprint density at radius 2 is 2.14 bits per heavy atom. The van der Waals surface area contributed by atoms with Crippen molar-refractivity contribution in [2.75, 3.05) is 19.6 Å². The van der Waals surface area contributed by atoms with E-state index in [9.17, 15) is 9.18 Å². The predicted octanol–water partition coefficient (Wildman–Crippen LogP) is 4.60. The van der Waals surface area contributed by atoms with E-state index in [-0.39, 0.29) is 17.8 Å². The number of nitrogens with zero attached hydrogens (tertiary/aromatic N) is 2. The van der Waals surface area contributed by atoms with E-state index < -0.39 is 0 Å². The zero-order valence-corrected chi connectivity index (χ0v) is 17.1. The van der Waals surface area contributed by atoms with Gasteiger partial charge in [0.15, 0.2) is 0 Å². The lowest BCUT2D eigenvalue weighted by Gasteiger charge is -2.32. The van der Waals surface area contributed by atoms with Crippen molar-refractivity contribution in [2.45, 2.75) is 45.4 Å². The van der Waals surface area contributed by atoms with Gasteiger partial charge < -0.3 is 19.7 Å². The van der Waals surface area contributed by atoms with Crippen LogP contribution < -0.4 is 5.32 Å². The summed E-state index contributed by atoms with van der Waals surface area (Å²) in [5.74, 6) is 1.06. The van der Waals surface area contributed by atoms with Gasteiger partial charge in [-0.25, -0.2) is 9.18 Å². The molecule has 0 radical (unpaired) electrons. The van der Waals surface area contributed by atoms with E-state index in [2.05, 4.69) is 22.4 Å². The molecule has 2 amide bonds. The average Bonchev–Trinajstić information content (AvgIpc) is 3.28. The first-order valence-corrected chi connectivity index (χ1v) is 10.2. The zero-order valence-electron chi connectivity index (χ0n) is 17.1. The van der Waals surface area contributed by atoms with Crippen molar-refractivity contribution in [1.82, 2.24) is 20.4 Å². The molecule has 1 saturated heterocycles. The van der Waals surface area contributed by atoms with E-state index in [1.165, 1.54) is 6.07 Å². The van der Waals surface area contributed by atoms with Crippen LogP contribution in [0.15, 0.2) is 28.9 Å². The van der Waals surface area contributed by atoms with Gasteiger partial charge >= 0.3 is 6.03 Å². The number of hydrogen-bond donors (Lipinski definition) is 2. The first kappa shape index (κ1) is 19.5. The van der Waals surface area contributed by atoms with Crippen LogP contribution in [0.25, 0.3) is 10.9 Å². The number of amides is 2. The summed E-state index contributed by atoms with van der Waals surface area (Å²) < 4.78 is 18.9. The number of H-pyrrole nitrogens is 1. The number of aryl methyl sites for hydroxylation is 2. The highest BCUT2D eigenvalue weighted by atomic mass is 19.1. The molecule has 29 heavy (non-hydrogen) atoms. The summed E-state index contributed by atoms with van der Waals surface area (Å²) in [7, 11) is 0. The second-order valence-electron chi connectivity index (χ2n) is 8.02. The number of hydrogen-bond acceptors (Lipinski definition) is 3. The molecular formula is C22H27FN4O2. The number of halogens is 1. The zero-order chi connectivity index (χ0) is 20.5. The number of nitrogens with one attached hydrogen (secondary N) is 2. The maximum atomic E-state index is 13.6. The molecule has 6 nitrogen and oxygen atoms in total. The van der Waals surface area contributed by atoms with Gasteiger partial charge in [0.1, 0.15) is 11.6 Å². The molecule has 1 atom stereocenters. The SMILES string of the molecule is Cc1noc(C)c1C(C)CNC(=O)N1CCC(c2c[nH]c3ccc(F)cc23)CC1. The Balaban J connectivity index is 1.33. The van der Waals surface area contributed by atoms with Crippen molar-refractivity contribution in [3.8, 4) is 0 Å². The summed E-state index contributed by atoms with van der Waals surface area (Å²) in [5.41, 5.74) is 4.04. The van der Waals surface area contributed by atoms with Gasteiger partial charge in [0.2, 0.25) is 0 Å². The molecule has 1 aromatic carbocycles. The minimum atomic E-state index is -0.220. The van der Waals surface area contributed by atoms with Gasteiger partial charge in [0.05, 0.1) is 5.69 Å². The molecule has 7 heteroatoms. The van der Waals surface area contributed by atoms with Crippen LogP contribution in [0.4, 0.5) is 9.18 Å². The fraction of sp³-hybridized carbons (Fsp3) is 0.455. The Bertz CT molecular complexity index is 998. The molecule has 0 aliphatic carbocycles. The Morgan fingerprint density at radius 1 is 1.38 bits per heavy atom. The minimum Gasteiger partial charge on any atom is -0.361 e. The number of benzene rings is 1. The molecule has 1 aliphatic heterocycles. The molecule has 0 spiro atoms. The van der Waals surface area contributed by atoms with Crippen LogP contribution in [0.3, 0.4) is 0 Å². The number of carbonyl (C=O) groups is 1. The van der Waals surface area contributed by atoms with Crippen LogP contribution in [0.1, 0.15) is 54.2 Å². The standard InChI is InChI=1S/C22H27FN4O2/c1-13(21-14(2)26-29-15(21)3)11-25-22(28)27-8-6-16(7-9-27)19-12-24-20-5-4-17(23)10-18(19)20/h4-5,10,12-13,16,24H,6-9,11H2,1-3H3,(H,25,28). The first-order chi connectivity index (χ1) is 13.9. The average molecular weight is 398 g/mol. The normalized spacial score (nSPS) is 16.3. The van der Waals surface area contributed by atoms with Gasteiger partial charge in [-0.05, 0) is 56.4 Å². The molecule has 2 aromatic heterocycles. The molecule has 2 N–H and O–H groups in total. The molecule has 3 heterocycles. The highest BCUT2D eigenvalue weighted by molar-refractivity contribution is 5.84. The second kappa shape index (κ2) is 7.89. The van der Waals surface area contributed by atoms with E-state index in [0.717, 1.165) is 46.3 Å². The van der Waals surface area contributed by atoms with Crippen LogP contribution in [-0.2, 0) is 0 Å². The molecule has 0 bridgehead atoms. The summed E-state index contributed by atoms with van der Waals surface area (Å²) in [5, 5.41) is 7.98. The van der Waals surface area contributed by atoms with Crippen LogP contribution in [0.2, 0.25) is 0 Å². The molecule has 154 valence electrons. The number of rotatable bonds is 4. The lowest BCUT2D eigenvalue weighted by Crippen LogP contribution is -2.45. The van der Waals surface area contributed by atoms with Crippen molar-refractivity contribution in [3.63, 3.8) is 0 Å². The van der Waals surface area contributed by atoms with Crippen molar-refractivity contribution in [2.24, 2.45) is 0 Å². The second-order valence-corrected chi connectivity index (χ2v) is 8.02. The largest absolute Gasteiger partial charge is 0.361 e. The van der Waals surface area contributed by atoms with Crippen molar-refractivity contribution in [3.05, 3.63) is 52.8 Å². The lowest BCUT2D eigenvalue weighted by atomic mass is 9.89. The fourth-order valence-electron chi connectivity index (χ4n) is 4.49. The third-order valence-electron chi connectivity index (χ3n) is 6.04. The van der Waals surface area contributed by atoms with Crippen molar-refractivity contribution < 1.29 is 13.7 Å². The lowest BCUT2D eigenvalue weighted by molar-refractivity contribution is 0.181. The Labute approximate surface area is 169 Å². The number of likely N-dealkylation sites (tertiary alicyclic amines) is 1. The Kier molecular flexibility index (Phi) is 5.30. The third-order valence-corrected chi connectivity index (χ3v) is 6.04. The quantitative estimate of drug-likeness (QED) is 0.674. The number of aromatic nitrogens is 2. The summed E-state index contributed by atoms with van der Waals surface area (Å²) in [4.78, 5) is 17.7. The van der Waals surface area contributed by atoms with Gasteiger partial charge in [0.25, 0.3) is 0 Å². The van der Waals surface area contributed by atoms with E-state index in [0.29, 0.717) is 25.6 Å². The molecule has 4 rings (SSSR count). The Morgan fingerprint density at radius 3 is 2.83 bits per heavy atom. The predicted molar refractivity (Wildman–Crippen MR) is 110 cm³/mol.